The Morgan fingerprint density at radius 1 is 1.03 bits per heavy atom. The molecule has 0 radical (unpaired) electrons. The van der Waals surface area contributed by atoms with Crippen LogP contribution in [0.3, 0.4) is 0 Å². The summed E-state index contributed by atoms with van der Waals surface area (Å²) in [7, 11) is 0. The van der Waals surface area contributed by atoms with E-state index in [-0.39, 0.29) is 23.0 Å². The van der Waals surface area contributed by atoms with E-state index in [4.69, 9.17) is 14.6 Å². The van der Waals surface area contributed by atoms with Gasteiger partial charge in [0.2, 0.25) is 0 Å². The van der Waals surface area contributed by atoms with Crippen LogP contribution in [0.2, 0.25) is 0 Å². The average molecular weight is 443 g/mol. The number of aromatic nitrogens is 1. The van der Waals surface area contributed by atoms with Crippen molar-refractivity contribution in [3.05, 3.63) is 16.1 Å². The highest BCUT2D eigenvalue weighted by molar-refractivity contribution is 7.11. The van der Waals surface area contributed by atoms with E-state index in [1.54, 1.807) is 55.4 Å². The number of carboxylic acids is 1. The van der Waals surface area contributed by atoms with Crippen molar-refractivity contribution < 1.29 is 33.8 Å². The van der Waals surface area contributed by atoms with Crippen molar-refractivity contribution >= 4 is 35.3 Å². The Morgan fingerprint density at radius 2 is 1.50 bits per heavy atom. The van der Waals surface area contributed by atoms with E-state index in [0.29, 0.717) is 0 Å². The minimum Gasteiger partial charge on any atom is -0.476 e. The van der Waals surface area contributed by atoms with Gasteiger partial charge in [0.25, 0.3) is 0 Å². The van der Waals surface area contributed by atoms with Gasteiger partial charge in [-0.25, -0.2) is 24.3 Å². The number of rotatable bonds is 6. The van der Waals surface area contributed by atoms with Crippen molar-refractivity contribution in [3.8, 4) is 0 Å². The summed E-state index contributed by atoms with van der Waals surface area (Å²) in [6.07, 6.45) is -2.09. The third-order valence-corrected chi connectivity index (χ3v) is 4.52. The van der Waals surface area contributed by atoms with Crippen molar-refractivity contribution in [3.63, 3.8) is 0 Å². The molecule has 10 heteroatoms. The fourth-order valence-corrected chi connectivity index (χ4v) is 3.11. The molecule has 1 aromatic rings. The molecule has 9 nitrogen and oxygen atoms in total. The number of carbonyl (C=O) groups excluding carboxylic acids is 3. The lowest BCUT2D eigenvalue weighted by Gasteiger charge is -2.34. The predicted molar refractivity (Wildman–Crippen MR) is 111 cm³/mol. The van der Waals surface area contributed by atoms with E-state index in [0.717, 1.165) is 16.2 Å². The van der Waals surface area contributed by atoms with Crippen LogP contribution < -0.4 is 0 Å². The Labute approximate surface area is 180 Å². The van der Waals surface area contributed by atoms with Crippen LogP contribution in [-0.2, 0) is 9.47 Å². The van der Waals surface area contributed by atoms with Crippen molar-refractivity contribution in [2.45, 2.75) is 79.1 Å². The maximum atomic E-state index is 12.8. The number of amides is 2. The number of hydrogen-bond donors (Lipinski definition) is 1. The number of ether oxygens (including phenoxy) is 2. The zero-order chi connectivity index (χ0) is 23.4. The molecule has 1 rings (SSSR count). The van der Waals surface area contributed by atoms with Crippen molar-refractivity contribution in [1.82, 2.24) is 9.88 Å². The summed E-state index contributed by atoms with van der Waals surface area (Å²) in [5.41, 5.74) is -1.97. The molecule has 0 aliphatic rings. The van der Waals surface area contributed by atoms with Gasteiger partial charge in [-0.05, 0) is 47.5 Å². The third kappa shape index (κ3) is 7.74. The van der Waals surface area contributed by atoms with Gasteiger partial charge >= 0.3 is 18.2 Å². The van der Waals surface area contributed by atoms with E-state index in [9.17, 15) is 19.2 Å². The first-order valence-electron chi connectivity index (χ1n) is 9.49. The fourth-order valence-electron chi connectivity index (χ4n) is 2.37. The lowest BCUT2D eigenvalue weighted by atomic mass is 9.97. The normalized spacial score (nSPS) is 13.0. The summed E-state index contributed by atoms with van der Waals surface area (Å²) in [6, 6.07) is -0.876. The first-order valence-corrected chi connectivity index (χ1v) is 10.4. The number of aromatic carboxylic acids is 1. The van der Waals surface area contributed by atoms with E-state index in [2.05, 4.69) is 4.98 Å². The Kier molecular flexibility index (Phi) is 8.13. The summed E-state index contributed by atoms with van der Waals surface area (Å²) in [4.78, 5) is 54.1. The van der Waals surface area contributed by atoms with Gasteiger partial charge in [0.1, 0.15) is 11.2 Å². The number of carboxylic acid groups (broad SMARTS) is 1. The molecule has 0 bridgehead atoms. The summed E-state index contributed by atoms with van der Waals surface area (Å²) < 4.78 is 10.7. The van der Waals surface area contributed by atoms with Gasteiger partial charge < -0.3 is 14.6 Å². The van der Waals surface area contributed by atoms with Crippen LogP contribution in [0.15, 0.2) is 5.38 Å². The zero-order valence-corrected chi connectivity index (χ0v) is 19.5. The monoisotopic (exact) mass is 442 g/mol. The average Bonchev–Trinajstić information content (AvgIpc) is 3.00. The highest BCUT2D eigenvalue weighted by atomic mass is 32.1. The number of Topliss-reactive ketones (excluding diaryl/α,β-unsaturated/α-hetero) is 1. The van der Waals surface area contributed by atoms with Crippen molar-refractivity contribution in [2.75, 3.05) is 0 Å². The molecule has 0 unspecified atom stereocenters. The predicted octanol–water partition coefficient (Wildman–Crippen LogP) is 4.61. The fraction of sp³-hybridized carbons (Fsp3) is 0.650. The molecule has 0 aromatic carbocycles. The van der Waals surface area contributed by atoms with Gasteiger partial charge in [-0.2, -0.15) is 0 Å². The Hall–Kier alpha value is -2.49. The second kappa shape index (κ2) is 9.55. The number of carbonyl (C=O) groups is 4. The molecular weight excluding hydrogens is 412 g/mol. The van der Waals surface area contributed by atoms with Crippen molar-refractivity contribution in [1.29, 1.82) is 0 Å². The Bertz CT molecular complexity index is 775. The number of imide groups is 1. The third-order valence-electron chi connectivity index (χ3n) is 3.64. The van der Waals surface area contributed by atoms with Gasteiger partial charge in [0.05, 0.1) is 6.04 Å². The van der Waals surface area contributed by atoms with Crippen LogP contribution in [0.5, 0.6) is 0 Å². The lowest BCUT2D eigenvalue weighted by Crippen LogP contribution is -2.51. The van der Waals surface area contributed by atoms with Crippen LogP contribution >= 0.6 is 11.3 Å². The molecule has 2 amide bonds. The highest BCUT2D eigenvalue weighted by Crippen LogP contribution is 2.24. The smallest absolute Gasteiger partial charge is 0.420 e. The Balaban J connectivity index is 3.24. The molecule has 168 valence electrons. The van der Waals surface area contributed by atoms with E-state index in [1.165, 1.54) is 5.38 Å². The molecule has 0 spiro atoms. The molecular formula is C20H30N2O7S. The summed E-state index contributed by atoms with van der Waals surface area (Å²) in [5, 5.41) is 10.3. The molecule has 0 aliphatic heterocycles. The maximum absolute atomic E-state index is 12.8. The van der Waals surface area contributed by atoms with E-state index < -0.39 is 41.2 Å². The van der Waals surface area contributed by atoms with Crippen LogP contribution in [-0.4, -0.2) is 56.2 Å². The van der Waals surface area contributed by atoms with E-state index >= 15 is 0 Å². The van der Waals surface area contributed by atoms with Gasteiger partial charge in [0.15, 0.2) is 16.5 Å². The summed E-state index contributed by atoms with van der Waals surface area (Å²) >= 11 is 0.896. The highest BCUT2D eigenvalue weighted by Gasteiger charge is 2.39. The van der Waals surface area contributed by atoms with Crippen LogP contribution in [0, 0.1) is 5.92 Å². The number of nitrogens with zero attached hydrogens (tertiary/aromatic N) is 2. The molecule has 1 heterocycles. The quantitative estimate of drug-likeness (QED) is 0.634. The number of ketones is 1. The van der Waals surface area contributed by atoms with Crippen LogP contribution in [0.4, 0.5) is 9.59 Å². The standard InChI is InChI=1S/C20H30N2O7S/c1-11(2)13(9-14(23)15-21-12(10-30-15)16(24)25)22(17(26)28-19(3,4)5)18(27)29-20(6,7)8/h10-11,13H,9H2,1-8H3,(H,24,25)/t13-/m1/s1. The zero-order valence-electron chi connectivity index (χ0n) is 18.6. The first kappa shape index (κ1) is 25.5. The molecule has 0 saturated carbocycles. The first-order chi connectivity index (χ1) is 13.5. The Morgan fingerprint density at radius 3 is 1.83 bits per heavy atom. The largest absolute Gasteiger partial charge is 0.476 e. The minimum absolute atomic E-state index is 0.00798. The molecule has 1 N–H and O–H groups in total. The lowest BCUT2D eigenvalue weighted by molar-refractivity contribution is -0.0118. The van der Waals surface area contributed by atoms with Gasteiger partial charge in [-0.15, -0.1) is 11.3 Å². The van der Waals surface area contributed by atoms with Crippen molar-refractivity contribution in [2.24, 2.45) is 5.92 Å². The maximum Gasteiger partial charge on any atom is 0.420 e. The molecule has 30 heavy (non-hydrogen) atoms. The summed E-state index contributed by atoms with van der Waals surface area (Å²) in [6.45, 7) is 13.5. The van der Waals surface area contributed by atoms with E-state index in [1.807, 2.05) is 0 Å². The summed E-state index contributed by atoms with van der Waals surface area (Å²) in [5.74, 6) is -2.04. The molecule has 1 aromatic heterocycles. The van der Waals surface area contributed by atoms with Gasteiger partial charge in [-0.1, -0.05) is 13.8 Å². The second-order valence-corrected chi connectivity index (χ2v) is 9.97. The minimum atomic E-state index is -1.24. The molecule has 0 saturated heterocycles. The SMILES string of the molecule is CC(C)[C@@H](CC(=O)c1nc(C(=O)O)cs1)N(C(=O)OC(C)(C)C)C(=O)OC(C)(C)C. The number of hydrogen-bond acceptors (Lipinski definition) is 8. The molecule has 0 fully saturated rings. The topological polar surface area (TPSA) is 123 Å². The molecule has 1 atom stereocenters. The van der Waals surface area contributed by atoms with Crippen LogP contribution in [0.25, 0.3) is 0 Å². The second-order valence-electron chi connectivity index (χ2n) is 9.11. The number of thiazole rings is 1. The van der Waals surface area contributed by atoms with Gasteiger partial charge in [-0.3, -0.25) is 4.79 Å². The molecule has 0 aliphatic carbocycles. The van der Waals surface area contributed by atoms with Gasteiger partial charge in [0, 0.05) is 11.8 Å². The van der Waals surface area contributed by atoms with Crippen LogP contribution in [0.1, 0.15) is 82.1 Å².